The van der Waals surface area contributed by atoms with E-state index in [2.05, 4.69) is 66.2 Å². The van der Waals surface area contributed by atoms with Crippen LogP contribution in [0.3, 0.4) is 0 Å². The van der Waals surface area contributed by atoms with Gasteiger partial charge in [0.05, 0.1) is 12.0 Å². The molecule has 0 saturated carbocycles. The number of aryl methyl sites for hydroxylation is 2. The Bertz CT molecular complexity index is 1190. The maximum Gasteiger partial charge on any atom is 0.225 e. The largest absolute Gasteiger partial charge is 0.354 e. The van der Waals surface area contributed by atoms with Crippen molar-refractivity contribution < 1.29 is 0 Å². The third kappa shape index (κ3) is 4.74. The smallest absolute Gasteiger partial charge is 0.225 e. The molecule has 0 spiro atoms. The predicted octanol–water partition coefficient (Wildman–Crippen LogP) is 4.61. The van der Waals surface area contributed by atoms with Gasteiger partial charge in [-0.25, -0.2) is 9.97 Å². The number of rotatable bonds is 6. The highest BCUT2D eigenvalue weighted by Crippen LogP contribution is 2.27. The molecule has 0 saturated heterocycles. The lowest BCUT2D eigenvalue weighted by Crippen LogP contribution is -2.13. The first-order valence-electron chi connectivity index (χ1n) is 10.7. The number of hydrogen-bond acceptors (Lipinski definition) is 5. The van der Waals surface area contributed by atoms with Gasteiger partial charge in [-0.15, -0.1) is 0 Å². The van der Waals surface area contributed by atoms with Gasteiger partial charge in [0.25, 0.3) is 0 Å². The first-order valence-corrected chi connectivity index (χ1v) is 10.7. The lowest BCUT2D eigenvalue weighted by Gasteiger charge is -2.21. The molecule has 3 heterocycles. The molecule has 4 rings (SSSR count). The molecule has 0 aliphatic rings. The maximum absolute atomic E-state index is 4.90. The molecular formula is C25H30N6. The van der Waals surface area contributed by atoms with Crippen molar-refractivity contribution in [1.29, 1.82) is 0 Å². The number of nitrogens with one attached hydrogen (secondary N) is 1. The standard InChI is InChI=1S/C25H30N6/c1-17-6-7-20(25(2,3)4)14-19(17)15-21-22-23(28-16-31(22)5)30-24(29-21)27-13-10-18-8-11-26-12-9-18/h6-9,11-12,14,16H,10,13,15H2,1-5H3,(H,27,29,30). The monoisotopic (exact) mass is 414 g/mol. The number of benzene rings is 1. The molecule has 0 fully saturated rings. The van der Waals surface area contributed by atoms with Gasteiger partial charge in [-0.1, -0.05) is 39.0 Å². The number of hydrogen-bond donors (Lipinski definition) is 1. The van der Waals surface area contributed by atoms with Crippen LogP contribution in [0.4, 0.5) is 5.95 Å². The van der Waals surface area contributed by atoms with E-state index in [-0.39, 0.29) is 5.41 Å². The molecular weight excluding hydrogens is 384 g/mol. The molecule has 0 radical (unpaired) electrons. The van der Waals surface area contributed by atoms with Gasteiger partial charge in [0.1, 0.15) is 5.52 Å². The van der Waals surface area contributed by atoms with Gasteiger partial charge in [-0.3, -0.25) is 4.98 Å². The van der Waals surface area contributed by atoms with Gasteiger partial charge in [0, 0.05) is 32.4 Å². The summed E-state index contributed by atoms with van der Waals surface area (Å²) in [5.74, 6) is 0.625. The fourth-order valence-electron chi connectivity index (χ4n) is 3.72. The van der Waals surface area contributed by atoms with Crippen molar-refractivity contribution in [3.05, 3.63) is 77.0 Å². The number of pyridine rings is 1. The van der Waals surface area contributed by atoms with Crippen molar-refractivity contribution >= 4 is 17.1 Å². The summed E-state index contributed by atoms with van der Waals surface area (Å²) >= 11 is 0. The van der Waals surface area contributed by atoms with Crippen molar-refractivity contribution in [2.45, 2.75) is 46.0 Å². The second-order valence-corrected chi connectivity index (χ2v) is 9.12. The fourth-order valence-corrected chi connectivity index (χ4v) is 3.72. The van der Waals surface area contributed by atoms with Crippen molar-refractivity contribution in [2.24, 2.45) is 7.05 Å². The highest BCUT2D eigenvalue weighted by Gasteiger charge is 2.17. The van der Waals surface area contributed by atoms with Crippen molar-refractivity contribution in [3.8, 4) is 0 Å². The molecule has 31 heavy (non-hydrogen) atoms. The molecule has 0 amide bonds. The minimum Gasteiger partial charge on any atom is -0.354 e. The third-order valence-electron chi connectivity index (χ3n) is 5.66. The summed E-state index contributed by atoms with van der Waals surface area (Å²) in [6.45, 7) is 9.65. The Balaban J connectivity index is 1.63. The van der Waals surface area contributed by atoms with Crippen molar-refractivity contribution in [3.63, 3.8) is 0 Å². The van der Waals surface area contributed by atoms with E-state index in [1.54, 1.807) is 0 Å². The zero-order valence-electron chi connectivity index (χ0n) is 19.0. The maximum atomic E-state index is 4.90. The van der Waals surface area contributed by atoms with Crippen LogP contribution in [0.15, 0.2) is 49.1 Å². The number of aromatic nitrogens is 5. The SMILES string of the molecule is Cc1ccc(C(C)(C)C)cc1Cc1nc(NCCc2ccncc2)nc2ncn(C)c12. The first kappa shape index (κ1) is 21.0. The predicted molar refractivity (Wildman–Crippen MR) is 125 cm³/mol. The number of nitrogens with zero attached hydrogens (tertiary/aromatic N) is 5. The Morgan fingerprint density at radius 3 is 2.55 bits per heavy atom. The van der Waals surface area contributed by atoms with Crippen LogP contribution < -0.4 is 5.32 Å². The van der Waals surface area contributed by atoms with Crippen LogP contribution in [0.1, 0.15) is 48.7 Å². The second-order valence-electron chi connectivity index (χ2n) is 9.12. The Morgan fingerprint density at radius 1 is 1.03 bits per heavy atom. The fraction of sp³-hybridized carbons (Fsp3) is 0.360. The molecule has 1 aromatic carbocycles. The molecule has 0 atom stereocenters. The van der Waals surface area contributed by atoms with Crippen LogP contribution in [0, 0.1) is 6.92 Å². The zero-order chi connectivity index (χ0) is 22.0. The second kappa shape index (κ2) is 8.46. The highest BCUT2D eigenvalue weighted by molar-refractivity contribution is 5.75. The topological polar surface area (TPSA) is 68.5 Å². The van der Waals surface area contributed by atoms with Crippen LogP contribution in [0.5, 0.6) is 0 Å². The minimum atomic E-state index is 0.107. The van der Waals surface area contributed by atoms with Gasteiger partial charge in [-0.2, -0.15) is 4.98 Å². The lowest BCUT2D eigenvalue weighted by molar-refractivity contribution is 0.589. The molecule has 6 nitrogen and oxygen atoms in total. The summed E-state index contributed by atoms with van der Waals surface area (Å²) in [7, 11) is 2.00. The summed E-state index contributed by atoms with van der Waals surface area (Å²) in [6.07, 6.45) is 7.07. The molecule has 3 aromatic heterocycles. The molecule has 0 bridgehead atoms. The van der Waals surface area contributed by atoms with E-state index in [1.807, 2.05) is 42.5 Å². The first-order chi connectivity index (χ1) is 14.8. The van der Waals surface area contributed by atoms with E-state index in [0.717, 1.165) is 36.2 Å². The summed E-state index contributed by atoms with van der Waals surface area (Å²) in [5, 5.41) is 3.38. The Kier molecular flexibility index (Phi) is 5.72. The molecule has 0 aliphatic carbocycles. The van der Waals surface area contributed by atoms with E-state index in [1.165, 1.54) is 22.3 Å². The van der Waals surface area contributed by atoms with Crippen LogP contribution in [0.25, 0.3) is 11.2 Å². The summed E-state index contributed by atoms with van der Waals surface area (Å²) in [4.78, 5) is 18.1. The molecule has 6 heteroatoms. The highest BCUT2D eigenvalue weighted by atomic mass is 15.2. The zero-order valence-corrected chi connectivity index (χ0v) is 19.0. The van der Waals surface area contributed by atoms with Crippen molar-refractivity contribution in [1.82, 2.24) is 24.5 Å². The average Bonchev–Trinajstić information content (AvgIpc) is 3.10. The van der Waals surface area contributed by atoms with Gasteiger partial charge in [0.2, 0.25) is 5.95 Å². The number of anilines is 1. The summed E-state index contributed by atoms with van der Waals surface area (Å²) in [6, 6.07) is 10.8. The van der Waals surface area contributed by atoms with Gasteiger partial charge < -0.3 is 9.88 Å². The van der Waals surface area contributed by atoms with Gasteiger partial charge in [0.15, 0.2) is 5.65 Å². The average molecular weight is 415 g/mol. The van der Waals surface area contributed by atoms with E-state index < -0.39 is 0 Å². The van der Waals surface area contributed by atoms with Crippen LogP contribution in [-0.2, 0) is 25.3 Å². The lowest BCUT2D eigenvalue weighted by atomic mass is 9.84. The quantitative estimate of drug-likeness (QED) is 0.499. The van der Waals surface area contributed by atoms with E-state index in [9.17, 15) is 0 Å². The third-order valence-corrected chi connectivity index (χ3v) is 5.66. The minimum absolute atomic E-state index is 0.107. The number of fused-ring (bicyclic) bond motifs is 1. The normalized spacial score (nSPS) is 11.8. The van der Waals surface area contributed by atoms with E-state index >= 15 is 0 Å². The summed E-state index contributed by atoms with van der Waals surface area (Å²) in [5.41, 5.74) is 7.94. The Hall–Kier alpha value is -3.28. The Morgan fingerprint density at radius 2 is 1.81 bits per heavy atom. The molecule has 4 aromatic rings. The summed E-state index contributed by atoms with van der Waals surface area (Å²) < 4.78 is 2.01. The van der Waals surface area contributed by atoms with Gasteiger partial charge in [-0.05, 0) is 53.1 Å². The van der Waals surface area contributed by atoms with Crippen molar-refractivity contribution in [2.75, 3.05) is 11.9 Å². The molecule has 0 aliphatic heterocycles. The van der Waals surface area contributed by atoms with Gasteiger partial charge >= 0.3 is 0 Å². The van der Waals surface area contributed by atoms with Crippen LogP contribution in [0.2, 0.25) is 0 Å². The van der Waals surface area contributed by atoms with E-state index in [0.29, 0.717) is 5.95 Å². The Labute approximate surface area is 183 Å². The molecule has 1 N–H and O–H groups in total. The number of imidazole rings is 1. The van der Waals surface area contributed by atoms with Crippen LogP contribution in [-0.4, -0.2) is 31.0 Å². The molecule has 0 unspecified atom stereocenters. The molecule has 160 valence electrons. The van der Waals surface area contributed by atoms with E-state index in [4.69, 9.17) is 4.98 Å². The van der Waals surface area contributed by atoms with Crippen LogP contribution >= 0.6 is 0 Å².